The summed E-state index contributed by atoms with van der Waals surface area (Å²) in [7, 11) is 1.71. The first-order chi connectivity index (χ1) is 15.5. The summed E-state index contributed by atoms with van der Waals surface area (Å²) in [5.41, 5.74) is 1.43. The molecule has 2 aromatic rings. The van der Waals surface area contributed by atoms with Crippen LogP contribution in [0.15, 0.2) is 48.5 Å². The van der Waals surface area contributed by atoms with Gasteiger partial charge in [-0.15, -0.1) is 0 Å². The van der Waals surface area contributed by atoms with E-state index in [2.05, 4.69) is 0 Å². The van der Waals surface area contributed by atoms with Crippen molar-refractivity contribution in [1.29, 1.82) is 0 Å². The molecule has 1 heterocycles. The summed E-state index contributed by atoms with van der Waals surface area (Å²) < 4.78 is 12.1. The van der Waals surface area contributed by atoms with E-state index in [1.54, 1.807) is 19.2 Å². The predicted molar refractivity (Wildman–Crippen MR) is 115 cm³/mol. The van der Waals surface area contributed by atoms with E-state index in [9.17, 15) is 10.1 Å². The molecule has 0 radical (unpaired) electrons. The largest absolute Gasteiger partial charge is 0.489 e. The van der Waals surface area contributed by atoms with Crippen LogP contribution < -0.4 is 4.74 Å². The van der Waals surface area contributed by atoms with Crippen molar-refractivity contribution in [1.82, 2.24) is 0 Å². The predicted octanol–water partition coefficient (Wildman–Crippen LogP) is 5.13. The number of nitro groups is 1. The molecule has 4 bridgehead atoms. The monoisotopic (exact) mass is 437 g/mol. The van der Waals surface area contributed by atoms with Crippen molar-refractivity contribution in [2.75, 3.05) is 7.11 Å². The van der Waals surface area contributed by atoms with Crippen molar-refractivity contribution >= 4 is 5.69 Å². The van der Waals surface area contributed by atoms with E-state index in [4.69, 9.17) is 19.2 Å². The zero-order valence-electron chi connectivity index (χ0n) is 18.1. The van der Waals surface area contributed by atoms with Gasteiger partial charge < -0.3 is 9.47 Å². The van der Waals surface area contributed by atoms with Crippen molar-refractivity contribution in [2.45, 2.75) is 50.1 Å². The molecule has 0 amide bonds. The minimum absolute atomic E-state index is 0.0703. The Balaban J connectivity index is 1.25. The first-order valence-corrected chi connectivity index (χ1v) is 11.4. The zero-order chi connectivity index (χ0) is 21.9. The number of hydrogen-bond acceptors (Lipinski definition) is 6. The number of non-ortho nitro benzene ring substituents is 1. The molecule has 7 nitrogen and oxygen atoms in total. The van der Waals surface area contributed by atoms with Gasteiger partial charge in [-0.1, -0.05) is 12.1 Å². The van der Waals surface area contributed by atoms with Crippen molar-refractivity contribution in [2.24, 2.45) is 23.7 Å². The highest BCUT2D eigenvalue weighted by molar-refractivity contribution is 5.37. The number of nitrogens with zero attached hydrogens (tertiary/aromatic N) is 1. The van der Waals surface area contributed by atoms with Crippen LogP contribution in [0.25, 0.3) is 0 Å². The second kappa shape index (κ2) is 7.27. The Kier molecular flexibility index (Phi) is 4.58. The highest BCUT2D eigenvalue weighted by Crippen LogP contribution is 2.69. The molecular weight excluding hydrogens is 410 g/mol. The number of ether oxygens (including phenoxy) is 2. The summed E-state index contributed by atoms with van der Waals surface area (Å²) in [6, 6.07) is 14.3. The van der Waals surface area contributed by atoms with Gasteiger partial charge in [-0.3, -0.25) is 10.1 Å². The summed E-state index contributed by atoms with van der Waals surface area (Å²) in [6.45, 7) is 0.318. The minimum atomic E-state index is -0.914. The van der Waals surface area contributed by atoms with Gasteiger partial charge in [0.1, 0.15) is 12.4 Å². The summed E-state index contributed by atoms with van der Waals surface area (Å²) in [5.74, 6) is 2.33. The maximum Gasteiger partial charge on any atom is 0.269 e. The van der Waals surface area contributed by atoms with Crippen LogP contribution in [0.2, 0.25) is 0 Å². The Morgan fingerprint density at radius 1 is 1.00 bits per heavy atom. The first kappa shape index (κ1) is 20.1. The lowest BCUT2D eigenvalue weighted by Crippen LogP contribution is -2.76. The normalized spacial score (nSPS) is 36.8. The second-order valence-electron chi connectivity index (χ2n) is 9.82. The van der Waals surface area contributed by atoms with Crippen molar-refractivity contribution in [3.63, 3.8) is 0 Å². The Morgan fingerprint density at radius 2 is 1.69 bits per heavy atom. The van der Waals surface area contributed by atoms with E-state index < -0.39 is 16.3 Å². The van der Waals surface area contributed by atoms with Crippen molar-refractivity contribution < 1.29 is 24.2 Å². The molecule has 1 atom stereocenters. The molecule has 4 saturated carbocycles. The zero-order valence-corrected chi connectivity index (χ0v) is 18.1. The van der Waals surface area contributed by atoms with Crippen molar-refractivity contribution in [3.05, 3.63) is 69.8 Å². The highest BCUT2D eigenvalue weighted by atomic mass is 17.3. The minimum Gasteiger partial charge on any atom is -0.489 e. The average Bonchev–Trinajstić information content (AvgIpc) is 2.78. The Morgan fingerprint density at radius 3 is 2.25 bits per heavy atom. The molecule has 168 valence electrons. The van der Waals surface area contributed by atoms with Crippen LogP contribution in [0.5, 0.6) is 5.75 Å². The standard InChI is InChI=1S/C25H27NO6/c1-29-25(24(31-32-25)20-10-17-9-18(12-20)13-21(24)11-17)19-3-2-4-23(14-19)30-15-16-5-7-22(8-6-16)26(27)28/h2-8,14,17-18,20-21H,9-13,15H2,1H3. The smallest absolute Gasteiger partial charge is 0.269 e. The molecule has 1 unspecified atom stereocenters. The van der Waals surface area contributed by atoms with E-state index in [0.717, 1.165) is 23.0 Å². The van der Waals surface area contributed by atoms with E-state index in [1.165, 1.54) is 44.2 Å². The molecule has 5 aliphatic rings. The van der Waals surface area contributed by atoms with Gasteiger partial charge in [0.2, 0.25) is 0 Å². The van der Waals surface area contributed by atoms with Crippen LogP contribution in [0.4, 0.5) is 5.69 Å². The Labute approximate surface area is 186 Å². The van der Waals surface area contributed by atoms with Crippen LogP contribution in [0, 0.1) is 33.8 Å². The maximum atomic E-state index is 10.8. The van der Waals surface area contributed by atoms with Crippen LogP contribution in [-0.2, 0) is 26.9 Å². The molecule has 4 aliphatic carbocycles. The number of nitro benzene ring substituents is 1. The van der Waals surface area contributed by atoms with Gasteiger partial charge in [-0.2, -0.15) is 4.89 Å². The SMILES string of the molecule is COC1(c2cccc(OCc3ccc([N+](=O)[O-])cc3)c2)OOC12C1CC3CC(C1)CC2C3. The fraction of sp³-hybridized carbons (Fsp3) is 0.520. The summed E-state index contributed by atoms with van der Waals surface area (Å²) in [6.07, 6.45) is 6.14. The van der Waals surface area contributed by atoms with E-state index in [-0.39, 0.29) is 5.69 Å². The number of rotatable bonds is 6. The van der Waals surface area contributed by atoms with Gasteiger partial charge in [-0.25, -0.2) is 4.89 Å². The fourth-order valence-corrected chi connectivity index (χ4v) is 7.03. The average molecular weight is 437 g/mol. The topological polar surface area (TPSA) is 80.1 Å². The van der Waals surface area contributed by atoms with Gasteiger partial charge >= 0.3 is 0 Å². The summed E-state index contributed by atoms with van der Waals surface area (Å²) in [4.78, 5) is 22.3. The maximum absolute atomic E-state index is 10.8. The molecule has 32 heavy (non-hydrogen) atoms. The van der Waals surface area contributed by atoms with Gasteiger partial charge in [-0.05, 0) is 85.6 Å². The third kappa shape index (κ3) is 2.77. The molecule has 7 rings (SSSR count). The molecule has 1 aliphatic heterocycles. The quantitative estimate of drug-likeness (QED) is 0.354. The highest BCUT2D eigenvalue weighted by Gasteiger charge is 2.76. The van der Waals surface area contributed by atoms with Gasteiger partial charge in [0, 0.05) is 24.8 Å². The molecule has 1 saturated heterocycles. The van der Waals surface area contributed by atoms with Crippen LogP contribution >= 0.6 is 0 Å². The Bertz CT molecular complexity index is 1000. The van der Waals surface area contributed by atoms with E-state index in [0.29, 0.717) is 24.2 Å². The van der Waals surface area contributed by atoms with Crippen LogP contribution in [0.3, 0.4) is 0 Å². The van der Waals surface area contributed by atoms with E-state index in [1.807, 2.05) is 24.3 Å². The third-order valence-electron chi connectivity index (χ3n) is 8.22. The van der Waals surface area contributed by atoms with E-state index >= 15 is 0 Å². The lowest BCUT2D eigenvalue weighted by molar-refractivity contribution is -0.645. The molecular formula is C25H27NO6. The van der Waals surface area contributed by atoms with Gasteiger partial charge in [0.25, 0.3) is 11.5 Å². The van der Waals surface area contributed by atoms with Gasteiger partial charge in [0.05, 0.1) is 4.92 Å². The molecule has 5 fully saturated rings. The lowest BCUT2D eigenvalue weighted by atomic mass is 9.47. The third-order valence-corrected chi connectivity index (χ3v) is 8.22. The molecule has 2 aromatic carbocycles. The van der Waals surface area contributed by atoms with Crippen molar-refractivity contribution in [3.8, 4) is 5.75 Å². The number of hydrogen-bond donors (Lipinski definition) is 0. The summed E-state index contributed by atoms with van der Waals surface area (Å²) in [5, 5.41) is 10.8. The summed E-state index contributed by atoms with van der Waals surface area (Å²) >= 11 is 0. The Hall–Kier alpha value is -2.48. The lowest BCUT2D eigenvalue weighted by Gasteiger charge is -2.68. The fourth-order valence-electron chi connectivity index (χ4n) is 7.03. The molecule has 7 heteroatoms. The number of benzene rings is 2. The number of methoxy groups -OCH3 is 1. The van der Waals surface area contributed by atoms with Crippen LogP contribution in [-0.4, -0.2) is 17.6 Å². The first-order valence-electron chi connectivity index (χ1n) is 11.4. The molecule has 1 spiro atoms. The van der Waals surface area contributed by atoms with Crippen LogP contribution in [0.1, 0.15) is 43.2 Å². The second-order valence-corrected chi connectivity index (χ2v) is 9.82. The molecule has 0 aromatic heterocycles. The molecule has 0 N–H and O–H groups in total. The van der Waals surface area contributed by atoms with Gasteiger partial charge in [0.15, 0.2) is 5.60 Å².